The van der Waals surface area contributed by atoms with E-state index >= 15 is 0 Å². The number of nitrogens with one attached hydrogen (secondary N) is 1. The number of sulfone groups is 1. The van der Waals surface area contributed by atoms with Gasteiger partial charge in [0, 0.05) is 17.4 Å². The third-order valence-corrected chi connectivity index (χ3v) is 4.71. The Morgan fingerprint density at radius 3 is 2.83 bits per heavy atom. The van der Waals surface area contributed by atoms with Gasteiger partial charge < -0.3 is 5.32 Å². The third kappa shape index (κ3) is 1.85. The summed E-state index contributed by atoms with van der Waals surface area (Å²) in [6.45, 7) is 0. The van der Waals surface area contributed by atoms with Crippen molar-refractivity contribution in [3.8, 4) is 0 Å². The van der Waals surface area contributed by atoms with Crippen LogP contribution in [-0.2, 0) is 15.6 Å². The first-order valence-corrected chi connectivity index (χ1v) is 7.32. The van der Waals surface area contributed by atoms with Gasteiger partial charge in [-0.25, -0.2) is 13.4 Å². The van der Waals surface area contributed by atoms with Crippen LogP contribution in [0.5, 0.6) is 0 Å². The van der Waals surface area contributed by atoms with Crippen LogP contribution in [0.1, 0.15) is 5.56 Å². The van der Waals surface area contributed by atoms with Crippen molar-refractivity contribution in [3.05, 3.63) is 47.2 Å². The first-order chi connectivity index (χ1) is 8.56. The number of hydrogen-bond acceptors (Lipinski definition) is 4. The first kappa shape index (κ1) is 11.5. The summed E-state index contributed by atoms with van der Waals surface area (Å²) in [4.78, 5) is 4.23. The molecule has 4 nitrogen and oxygen atoms in total. The Balaban J connectivity index is 2.27. The van der Waals surface area contributed by atoms with E-state index in [1.807, 2.05) is 0 Å². The monoisotopic (exact) mass is 280 g/mol. The van der Waals surface area contributed by atoms with Crippen LogP contribution in [0.2, 0.25) is 5.15 Å². The molecule has 0 saturated carbocycles. The third-order valence-electron chi connectivity index (χ3n) is 2.79. The molecule has 92 valence electrons. The van der Waals surface area contributed by atoms with Gasteiger partial charge in [0.15, 0.2) is 9.84 Å². The lowest BCUT2D eigenvalue weighted by Crippen LogP contribution is -2.03. The van der Waals surface area contributed by atoms with Gasteiger partial charge in [-0.3, -0.25) is 0 Å². The number of para-hydroxylation sites is 1. The average Bonchev–Trinajstić information content (AvgIpc) is 2.43. The van der Waals surface area contributed by atoms with Crippen LogP contribution in [0.25, 0.3) is 0 Å². The van der Waals surface area contributed by atoms with Gasteiger partial charge in [0.25, 0.3) is 0 Å². The van der Waals surface area contributed by atoms with Crippen LogP contribution in [0.3, 0.4) is 0 Å². The molecule has 1 aliphatic rings. The molecule has 0 bridgehead atoms. The quantitative estimate of drug-likeness (QED) is 0.754. The minimum atomic E-state index is -3.35. The number of fused-ring (bicyclic) bond motifs is 2. The topological polar surface area (TPSA) is 59.1 Å². The molecule has 0 spiro atoms. The lowest BCUT2D eigenvalue weighted by Gasteiger charge is -2.07. The second kappa shape index (κ2) is 3.96. The van der Waals surface area contributed by atoms with E-state index in [4.69, 9.17) is 11.6 Å². The Kier molecular flexibility index (Phi) is 2.53. The predicted octanol–water partition coefficient (Wildman–Crippen LogP) is 2.77. The molecule has 0 aliphatic carbocycles. The molecule has 2 aromatic rings. The molecule has 0 unspecified atom stereocenters. The van der Waals surface area contributed by atoms with Gasteiger partial charge in [0.05, 0.1) is 16.3 Å². The van der Waals surface area contributed by atoms with E-state index in [0.29, 0.717) is 27.0 Å². The van der Waals surface area contributed by atoms with E-state index in [2.05, 4.69) is 10.3 Å². The Labute approximate surface area is 110 Å². The van der Waals surface area contributed by atoms with E-state index in [1.54, 1.807) is 30.3 Å². The van der Waals surface area contributed by atoms with Crippen LogP contribution in [-0.4, -0.2) is 13.4 Å². The lowest BCUT2D eigenvalue weighted by atomic mass is 10.2. The standard InChI is InChI=1S/C12H9ClN2O2S/c13-12-5-10-8(6-14-12)7-18(16,17)11-4-2-1-3-9(11)15-10/h1-6,15H,7H2. The maximum Gasteiger partial charge on any atom is 0.184 e. The molecule has 1 N–H and O–H groups in total. The molecule has 0 atom stereocenters. The normalized spacial score (nSPS) is 16.1. The van der Waals surface area contributed by atoms with E-state index in [9.17, 15) is 8.42 Å². The van der Waals surface area contributed by atoms with Crippen molar-refractivity contribution in [2.45, 2.75) is 10.6 Å². The number of anilines is 2. The van der Waals surface area contributed by atoms with Gasteiger partial charge in [0.2, 0.25) is 0 Å². The highest BCUT2D eigenvalue weighted by atomic mass is 35.5. The number of benzene rings is 1. The van der Waals surface area contributed by atoms with E-state index in [1.165, 1.54) is 6.20 Å². The van der Waals surface area contributed by atoms with Gasteiger partial charge in [-0.05, 0) is 18.2 Å². The minimum Gasteiger partial charge on any atom is -0.354 e. The van der Waals surface area contributed by atoms with Crippen LogP contribution in [0.15, 0.2) is 41.4 Å². The maximum absolute atomic E-state index is 12.2. The summed E-state index contributed by atoms with van der Waals surface area (Å²) in [6.07, 6.45) is 1.49. The second-order valence-electron chi connectivity index (χ2n) is 4.04. The zero-order valence-corrected chi connectivity index (χ0v) is 10.8. The Morgan fingerprint density at radius 2 is 2.00 bits per heavy atom. The summed E-state index contributed by atoms with van der Waals surface area (Å²) >= 11 is 5.83. The van der Waals surface area contributed by atoms with Crippen LogP contribution in [0.4, 0.5) is 11.4 Å². The molecule has 1 aromatic heterocycles. The van der Waals surface area contributed by atoms with E-state index in [-0.39, 0.29) is 5.75 Å². The molecule has 18 heavy (non-hydrogen) atoms. The van der Waals surface area contributed by atoms with Crippen molar-refractivity contribution in [1.29, 1.82) is 0 Å². The van der Waals surface area contributed by atoms with Crippen LogP contribution in [0, 0.1) is 0 Å². The largest absolute Gasteiger partial charge is 0.354 e. The van der Waals surface area contributed by atoms with Crippen molar-refractivity contribution in [1.82, 2.24) is 4.98 Å². The number of pyridine rings is 1. The number of nitrogens with zero attached hydrogens (tertiary/aromatic N) is 1. The molecule has 6 heteroatoms. The number of halogens is 1. The van der Waals surface area contributed by atoms with Gasteiger partial charge in [-0.2, -0.15) is 0 Å². The molecular formula is C12H9ClN2O2S. The Morgan fingerprint density at radius 1 is 1.22 bits per heavy atom. The Hall–Kier alpha value is -1.59. The summed E-state index contributed by atoms with van der Waals surface area (Å²) in [7, 11) is -3.35. The average molecular weight is 281 g/mol. The first-order valence-electron chi connectivity index (χ1n) is 5.29. The van der Waals surface area contributed by atoms with Crippen molar-refractivity contribution < 1.29 is 8.42 Å². The SMILES string of the molecule is O=S1(=O)Cc2cnc(Cl)cc2Nc2ccccc21. The molecule has 1 aromatic carbocycles. The van der Waals surface area contributed by atoms with Gasteiger partial charge in [-0.15, -0.1) is 0 Å². The maximum atomic E-state index is 12.2. The molecule has 0 fully saturated rings. The second-order valence-corrected chi connectivity index (χ2v) is 6.39. The highest BCUT2D eigenvalue weighted by Crippen LogP contribution is 2.34. The predicted molar refractivity (Wildman–Crippen MR) is 69.9 cm³/mol. The number of rotatable bonds is 0. The fourth-order valence-corrected chi connectivity index (χ4v) is 3.65. The zero-order valence-electron chi connectivity index (χ0n) is 9.22. The number of aromatic nitrogens is 1. The fourth-order valence-electron chi connectivity index (χ4n) is 1.96. The Bertz CT molecular complexity index is 729. The molecule has 0 amide bonds. The summed E-state index contributed by atoms with van der Waals surface area (Å²) in [6, 6.07) is 8.46. The molecular weight excluding hydrogens is 272 g/mol. The van der Waals surface area contributed by atoms with Gasteiger partial charge in [-0.1, -0.05) is 23.7 Å². The van der Waals surface area contributed by atoms with Crippen molar-refractivity contribution in [2.24, 2.45) is 0 Å². The van der Waals surface area contributed by atoms with Crippen molar-refractivity contribution >= 4 is 32.8 Å². The summed E-state index contributed by atoms with van der Waals surface area (Å²) in [5.41, 5.74) is 1.87. The number of hydrogen-bond donors (Lipinski definition) is 1. The highest BCUT2D eigenvalue weighted by Gasteiger charge is 2.25. The molecule has 2 heterocycles. The lowest BCUT2D eigenvalue weighted by molar-refractivity contribution is 0.596. The van der Waals surface area contributed by atoms with Gasteiger partial charge in [0.1, 0.15) is 5.15 Å². The van der Waals surface area contributed by atoms with E-state index in [0.717, 1.165) is 0 Å². The highest BCUT2D eigenvalue weighted by molar-refractivity contribution is 7.90. The van der Waals surface area contributed by atoms with Crippen LogP contribution >= 0.6 is 11.6 Å². The molecule has 0 radical (unpaired) electrons. The minimum absolute atomic E-state index is 0.0729. The summed E-state index contributed by atoms with van der Waals surface area (Å²) in [5, 5.41) is 3.43. The van der Waals surface area contributed by atoms with Crippen molar-refractivity contribution in [3.63, 3.8) is 0 Å². The summed E-state index contributed by atoms with van der Waals surface area (Å²) in [5.74, 6) is -0.0729. The molecule has 0 saturated heterocycles. The van der Waals surface area contributed by atoms with Crippen LogP contribution < -0.4 is 5.32 Å². The smallest absolute Gasteiger partial charge is 0.184 e. The van der Waals surface area contributed by atoms with Gasteiger partial charge >= 0.3 is 0 Å². The van der Waals surface area contributed by atoms with E-state index < -0.39 is 9.84 Å². The van der Waals surface area contributed by atoms with Crippen molar-refractivity contribution in [2.75, 3.05) is 5.32 Å². The molecule has 1 aliphatic heterocycles. The fraction of sp³-hybridized carbons (Fsp3) is 0.0833. The molecule has 3 rings (SSSR count). The summed E-state index contributed by atoms with van der Waals surface area (Å²) < 4.78 is 24.5. The zero-order chi connectivity index (χ0) is 12.8.